The lowest BCUT2D eigenvalue weighted by Gasteiger charge is -2.29. The fraction of sp³-hybridized carbons (Fsp3) is 0.688. The second-order valence-electron chi connectivity index (χ2n) is 6.84. The zero-order valence-corrected chi connectivity index (χ0v) is 14.5. The van der Waals surface area contributed by atoms with Gasteiger partial charge in [0.15, 0.2) is 0 Å². The molecule has 0 bridgehead atoms. The van der Waals surface area contributed by atoms with Crippen LogP contribution in [0.1, 0.15) is 49.9 Å². The highest BCUT2D eigenvalue weighted by Crippen LogP contribution is 2.24. The van der Waals surface area contributed by atoms with E-state index in [1.165, 1.54) is 6.20 Å². The summed E-state index contributed by atoms with van der Waals surface area (Å²) in [6.45, 7) is 3.50. The van der Waals surface area contributed by atoms with Crippen molar-refractivity contribution in [3.8, 4) is 0 Å². The van der Waals surface area contributed by atoms with E-state index in [2.05, 4.69) is 20.6 Å². The van der Waals surface area contributed by atoms with Crippen molar-refractivity contribution >= 4 is 17.7 Å². The number of nitrogens with two attached hydrogens (primary N) is 1. The van der Waals surface area contributed by atoms with Crippen LogP contribution in [0.2, 0.25) is 0 Å². The van der Waals surface area contributed by atoms with E-state index in [0.29, 0.717) is 17.9 Å². The zero-order chi connectivity index (χ0) is 17.7. The van der Waals surface area contributed by atoms with Gasteiger partial charge in [-0.1, -0.05) is 0 Å². The number of methoxy groups -OCH3 is 1. The van der Waals surface area contributed by atoms with Crippen LogP contribution in [-0.4, -0.2) is 52.4 Å². The Bertz CT molecular complexity index is 571. The first kappa shape index (κ1) is 18.4. The molecule has 1 fully saturated rings. The molecule has 1 saturated carbocycles. The van der Waals surface area contributed by atoms with Crippen molar-refractivity contribution in [3.05, 3.63) is 11.8 Å². The van der Waals surface area contributed by atoms with Crippen LogP contribution < -0.4 is 16.4 Å². The molecule has 0 spiro atoms. The molecule has 0 aromatic carbocycles. The van der Waals surface area contributed by atoms with Gasteiger partial charge in [-0.3, -0.25) is 4.79 Å². The summed E-state index contributed by atoms with van der Waals surface area (Å²) in [7, 11) is 1.74. The molecule has 0 saturated heterocycles. The fourth-order valence-electron chi connectivity index (χ4n) is 2.71. The Morgan fingerprint density at radius 1 is 1.42 bits per heavy atom. The number of rotatable bonds is 7. The van der Waals surface area contributed by atoms with Crippen molar-refractivity contribution in [1.82, 2.24) is 9.97 Å². The lowest BCUT2D eigenvalue weighted by Crippen LogP contribution is -2.36. The van der Waals surface area contributed by atoms with Crippen LogP contribution in [0.15, 0.2) is 6.20 Å². The fourth-order valence-corrected chi connectivity index (χ4v) is 2.71. The monoisotopic (exact) mass is 337 g/mol. The van der Waals surface area contributed by atoms with E-state index in [0.717, 1.165) is 25.7 Å². The topological polar surface area (TPSA) is 122 Å². The summed E-state index contributed by atoms with van der Waals surface area (Å²) in [4.78, 5) is 20.1. The van der Waals surface area contributed by atoms with Gasteiger partial charge in [0.05, 0.1) is 23.8 Å². The number of nitrogens with zero attached hydrogens (tertiary/aromatic N) is 2. The molecular weight excluding hydrogens is 310 g/mol. The molecule has 1 aromatic heterocycles. The van der Waals surface area contributed by atoms with Gasteiger partial charge in [0.25, 0.3) is 5.91 Å². The molecule has 1 heterocycles. The summed E-state index contributed by atoms with van der Waals surface area (Å²) in [5.74, 6) is 0.153. The molecule has 5 N–H and O–H groups in total. The predicted octanol–water partition coefficient (Wildman–Crippen LogP) is 1.13. The van der Waals surface area contributed by atoms with Gasteiger partial charge in [0, 0.05) is 19.3 Å². The molecule has 1 amide bonds. The molecule has 8 heteroatoms. The number of aliphatic hydroxyl groups excluding tert-OH is 1. The molecule has 0 unspecified atom stereocenters. The molecule has 1 aliphatic rings. The number of hydrogen-bond donors (Lipinski definition) is 4. The molecule has 134 valence electrons. The van der Waals surface area contributed by atoms with Gasteiger partial charge in [0.2, 0.25) is 5.95 Å². The largest absolute Gasteiger partial charge is 0.394 e. The average molecular weight is 337 g/mol. The minimum absolute atomic E-state index is 0.112. The minimum Gasteiger partial charge on any atom is -0.394 e. The average Bonchev–Trinajstić information content (AvgIpc) is 2.55. The lowest BCUT2D eigenvalue weighted by atomic mass is 9.93. The van der Waals surface area contributed by atoms with Crippen LogP contribution in [-0.2, 0) is 4.74 Å². The molecule has 1 aliphatic carbocycles. The number of aromatic nitrogens is 2. The first-order valence-corrected chi connectivity index (χ1v) is 8.20. The predicted molar refractivity (Wildman–Crippen MR) is 92.0 cm³/mol. The Balaban J connectivity index is 2.12. The summed E-state index contributed by atoms with van der Waals surface area (Å²) in [5.41, 5.74) is 4.95. The number of primary amides is 1. The number of nitrogens with one attached hydrogen (secondary N) is 2. The van der Waals surface area contributed by atoms with E-state index in [1.807, 2.05) is 0 Å². The highest BCUT2D eigenvalue weighted by Gasteiger charge is 2.24. The molecule has 0 radical (unpaired) electrons. The van der Waals surface area contributed by atoms with Gasteiger partial charge in [-0.25, -0.2) is 4.98 Å². The highest BCUT2D eigenvalue weighted by atomic mass is 16.5. The smallest absolute Gasteiger partial charge is 0.254 e. The number of ether oxygens (including phenoxy) is 1. The molecule has 24 heavy (non-hydrogen) atoms. The van der Waals surface area contributed by atoms with E-state index in [9.17, 15) is 9.90 Å². The third-order valence-corrected chi connectivity index (χ3v) is 4.25. The maximum absolute atomic E-state index is 11.6. The molecule has 0 atom stereocenters. The van der Waals surface area contributed by atoms with E-state index in [1.54, 1.807) is 21.0 Å². The van der Waals surface area contributed by atoms with Gasteiger partial charge in [-0.05, 0) is 39.5 Å². The highest BCUT2D eigenvalue weighted by molar-refractivity contribution is 5.97. The standard InChI is InChI=1S/C16H27N5O3/c1-16(2,9-22)21-14-12(13(17)23)8-18-15(20-14)19-10-4-6-11(24-3)7-5-10/h8,10-11,22H,4-7,9H2,1-3H3,(H2,17,23)(H2,18,19,20,21). The third-order valence-electron chi connectivity index (χ3n) is 4.25. The summed E-state index contributed by atoms with van der Waals surface area (Å²) >= 11 is 0. The Labute approximate surface area is 142 Å². The quantitative estimate of drug-likeness (QED) is 0.588. The SMILES string of the molecule is COC1CCC(Nc2ncc(C(N)=O)c(NC(C)(C)CO)n2)CC1. The van der Waals surface area contributed by atoms with Crippen molar-refractivity contribution in [3.63, 3.8) is 0 Å². The molecule has 8 nitrogen and oxygen atoms in total. The Morgan fingerprint density at radius 3 is 2.62 bits per heavy atom. The number of carbonyl (C=O) groups excluding carboxylic acids is 1. The van der Waals surface area contributed by atoms with Crippen molar-refractivity contribution in [2.24, 2.45) is 5.73 Å². The maximum atomic E-state index is 11.6. The number of carbonyl (C=O) groups is 1. The molecular formula is C16H27N5O3. The van der Waals surface area contributed by atoms with Crippen LogP contribution in [0.3, 0.4) is 0 Å². The number of anilines is 2. The Kier molecular flexibility index (Phi) is 5.95. The maximum Gasteiger partial charge on any atom is 0.254 e. The van der Waals surface area contributed by atoms with E-state index in [-0.39, 0.29) is 18.2 Å². The van der Waals surface area contributed by atoms with Gasteiger partial charge < -0.3 is 26.2 Å². The van der Waals surface area contributed by atoms with Crippen LogP contribution in [0, 0.1) is 0 Å². The van der Waals surface area contributed by atoms with Crippen molar-refractivity contribution in [2.75, 3.05) is 24.4 Å². The van der Waals surface area contributed by atoms with Crippen molar-refractivity contribution < 1.29 is 14.6 Å². The summed E-state index contributed by atoms with van der Waals surface area (Å²) in [5, 5.41) is 15.8. The van der Waals surface area contributed by atoms with Crippen LogP contribution in [0.4, 0.5) is 11.8 Å². The molecule has 2 rings (SSSR count). The molecule has 0 aliphatic heterocycles. The summed E-state index contributed by atoms with van der Waals surface area (Å²) in [6, 6.07) is 0.273. The summed E-state index contributed by atoms with van der Waals surface area (Å²) < 4.78 is 5.37. The Morgan fingerprint density at radius 2 is 2.08 bits per heavy atom. The normalized spacial score (nSPS) is 21.3. The van der Waals surface area contributed by atoms with Gasteiger partial charge in [-0.15, -0.1) is 0 Å². The van der Waals surface area contributed by atoms with Crippen molar-refractivity contribution in [1.29, 1.82) is 0 Å². The van der Waals surface area contributed by atoms with E-state index < -0.39 is 11.4 Å². The van der Waals surface area contributed by atoms with Crippen LogP contribution in [0.25, 0.3) is 0 Å². The number of aliphatic hydroxyl groups is 1. The van der Waals surface area contributed by atoms with Gasteiger partial charge in [0.1, 0.15) is 5.82 Å². The number of amides is 1. The summed E-state index contributed by atoms with van der Waals surface area (Å²) in [6.07, 6.45) is 5.68. The number of hydrogen-bond acceptors (Lipinski definition) is 7. The third kappa shape index (κ3) is 4.78. The van der Waals surface area contributed by atoms with Gasteiger partial charge >= 0.3 is 0 Å². The second kappa shape index (κ2) is 7.76. The molecule has 1 aromatic rings. The second-order valence-corrected chi connectivity index (χ2v) is 6.84. The minimum atomic E-state index is -0.633. The van der Waals surface area contributed by atoms with Crippen LogP contribution in [0.5, 0.6) is 0 Å². The zero-order valence-electron chi connectivity index (χ0n) is 14.5. The van der Waals surface area contributed by atoms with Crippen molar-refractivity contribution in [2.45, 2.75) is 57.2 Å². The van der Waals surface area contributed by atoms with E-state index >= 15 is 0 Å². The van der Waals surface area contributed by atoms with Gasteiger partial charge in [-0.2, -0.15) is 4.98 Å². The van der Waals surface area contributed by atoms with Crippen LogP contribution >= 0.6 is 0 Å². The first-order valence-electron chi connectivity index (χ1n) is 8.20. The first-order chi connectivity index (χ1) is 11.3. The van der Waals surface area contributed by atoms with E-state index in [4.69, 9.17) is 10.5 Å². The lowest BCUT2D eigenvalue weighted by molar-refractivity contribution is 0.0681. The Hall–Kier alpha value is -1.93.